The third kappa shape index (κ3) is 3.44. The lowest BCUT2D eigenvalue weighted by Crippen LogP contribution is -2.43. The SMILES string of the molecule is Cc1cc(C(=O)NC2CCCCC2CCl)c(C)nn1. The van der Waals surface area contributed by atoms with E-state index in [1.54, 1.807) is 13.0 Å². The van der Waals surface area contributed by atoms with E-state index in [-0.39, 0.29) is 11.9 Å². The standard InChI is InChI=1S/C14H20ClN3O/c1-9-7-12(10(2)18-17-9)14(19)16-13-6-4-3-5-11(13)8-15/h7,11,13H,3-6,8H2,1-2H3,(H,16,19). The lowest BCUT2D eigenvalue weighted by Gasteiger charge is -2.30. The summed E-state index contributed by atoms with van der Waals surface area (Å²) in [5.41, 5.74) is 2.04. The molecule has 0 aliphatic heterocycles. The van der Waals surface area contributed by atoms with Gasteiger partial charge in [-0.1, -0.05) is 12.8 Å². The Morgan fingerprint density at radius 3 is 2.84 bits per heavy atom. The summed E-state index contributed by atoms with van der Waals surface area (Å²) in [6.45, 7) is 3.65. The van der Waals surface area contributed by atoms with Gasteiger partial charge in [0.15, 0.2) is 0 Å². The maximum atomic E-state index is 12.3. The van der Waals surface area contributed by atoms with E-state index < -0.39 is 0 Å². The predicted molar refractivity (Wildman–Crippen MR) is 75.4 cm³/mol. The first-order valence-corrected chi connectivity index (χ1v) is 7.33. The van der Waals surface area contributed by atoms with Crippen molar-refractivity contribution in [1.29, 1.82) is 0 Å². The number of carbonyl (C=O) groups excluding carboxylic acids is 1. The molecule has 0 radical (unpaired) electrons. The molecule has 0 aromatic carbocycles. The maximum Gasteiger partial charge on any atom is 0.253 e. The van der Waals surface area contributed by atoms with Gasteiger partial charge in [0, 0.05) is 11.9 Å². The third-order valence-corrected chi connectivity index (χ3v) is 4.17. The van der Waals surface area contributed by atoms with Crippen LogP contribution in [0.15, 0.2) is 6.07 Å². The van der Waals surface area contributed by atoms with E-state index in [0.29, 0.717) is 23.1 Å². The number of alkyl halides is 1. The highest BCUT2D eigenvalue weighted by Gasteiger charge is 2.26. The molecule has 0 bridgehead atoms. The summed E-state index contributed by atoms with van der Waals surface area (Å²) in [6, 6.07) is 1.97. The highest BCUT2D eigenvalue weighted by Crippen LogP contribution is 2.25. The highest BCUT2D eigenvalue weighted by atomic mass is 35.5. The molecule has 104 valence electrons. The number of nitrogens with zero attached hydrogens (tertiary/aromatic N) is 2. The van der Waals surface area contributed by atoms with Crippen LogP contribution in [0.5, 0.6) is 0 Å². The van der Waals surface area contributed by atoms with Crippen molar-refractivity contribution in [3.05, 3.63) is 23.0 Å². The van der Waals surface area contributed by atoms with Crippen molar-refractivity contribution in [3.8, 4) is 0 Å². The van der Waals surface area contributed by atoms with Crippen LogP contribution in [-0.2, 0) is 0 Å². The Hall–Kier alpha value is -1.16. The fourth-order valence-electron chi connectivity index (χ4n) is 2.61. The molecule has 1 aliphatic rings. The Kier molecular flexibility index (Phi) is 4.75. The fraction of sp³-hybridized carbons (Fsp3) is 0.643. The molecule has 1 aromatic heterocycles. The van der Waals surface area contributed by atoms with Crippen LogP contribution in [0.3, 0.4) is 0 Å². The Morgan fingerprint density at radius 2 is 2.11 bits per heavy atom. The molecule has 1 fully saturated rings. The molecule has 1 amide bonds. The second kappa shape index (κ2) is 6.33. The average Bonchev–Trinajstić information content (AvgIpc) is 2.42. The molecule has 1 aromatic rings. The Morgan fingerprint density at radius 1 is 1.37 bits per heavy atom. The number of amides is 1. The maximum absolute atomic E-state index is 12.3. The summed E-state index contributed by atoms with van der Waals surface area (Å²) in [5, 5.41) is 11.1. The number of rotatable bonds is 3. The van der Waals surface area contributed by atoms with Crippen molar-refractivity contribution in [2.24, 2.45) is 5.92 Å². The van der Waals surface area contributed by atoms with Gasteiger partial charge >= 0.3 is 0 Å². The van der Waals surface area contributed by atoms with Crippen molar-refractivity contribution in [2.45, 2.75) is 45.6 Å². The molecule has 4 nitrogen and oxygen atoms in total. The van der Waals surface area contributed by atoms with Crippen LogP contribution in [0, 0.1) is 19.8 Å². The second-order valence-corrected chi connectivity index (χ2v) is 5.57. The summed E-state index contributed by atoms with van der Waals surface area (Å²) in [5.74, 6) is 0.936. The van der Waals surface area contributed by atoms with Crippen LogP contribution in [0.4, 0.5) is 0 Å². The van der Waals surface area contributed by atoms with Gasteiger partial charge in [-0.25, -0.2) is 0 Å². The second-order valence-electron chi connectivity index (χ2n) is 5.26. The van der Waals surface area contributed by atoms with Crippen molar-refractivity contribution < 1.29 is 4.79 Å². The van der Waals surface area contributed by atoms with Gasteiger partial charge in [-0.2, -0.15) is 10.2 Å². The zero-order valence-corrected chi connectivity index (χ0v) is 12.2. The summed E-state index contributed by atoms with van der Waals surface area (Å²) in [7, 11) is 0. The fourth-order valence-corrected chi connectivity index (χ4v) is 2.98. The van der Waals surface area contributed by atoms with Gasteiger partial charge in [0.1, 0.15) is 0 Å². The molecule has 2 unspecified atom stereocenters. The monoisotopic (exact) mass is 281 g/mol. The molecule has 5 heteroatoms. The minimum Gasteiger partial charge on any atom is -0.349 e. The number of aryl methyl sites for hydroxylation is 2. The largest absolute Gasteiger partial charge is 0.349 e. The van der Waals surface area contributed by atoms with Gasteiger partial charge in [0.05, 0.1) is 17.0 Å². The predicted octanol–water partition coefficient (Wildman–Crippen LogP) is 2.62. The third-order valence-electron chi connectivity index (χ3n) is 3.77. The van der Waals surface area contributed by atoms with Crippen LogP contribution in [0.1, 0.15) is 47.4 Å². The van der Waals surface area contributed by atoms with E-state index in [0.717, 1.165) is 25.0 Å². The molecular weight excluding hydrogens is 262 g/mol. The summed E-state index contributed by atoms with van der Waals surface area (Å²) in [6.07, 6.45) is 4.48. The number of carbonyl (C=O) groups is 1. The van der Waals surface area contributed by atoms with E-state index in [9.17, 15) is 4.79 Å². The topological polar surface area (TPSA) is 54.9 Å². The van der Waals surface area contributed by atoms with Gasteiger partial charge in [-0.3, -0.25) is 4.79 Å². The van der Waals surface area contributed by atoms with Crippen LogP contribution < -0.4 is 5.32 Å². The van der Waals surface area contributed by atoms with Gasteiger partial charge < -0.3 is 5.32 Å². The summed E-state index contributed by atoms with van der Waals surface area (Å²) < 4.78 is 0. The van der Waals surface area contributed by atoms with Gasteiger partial charge in [-0.15, -0.1) is 11.6 Å². The van der Waals surface area contributed by atoms with E-state index in [2.05, 4.69) is 15.5 Å². The number of halogens is 1. The van der Waals surface area contributed by atoms with Crippen LogP contribution >= 0.6 is 11.6 Å². The van der Waals surface area contributed by atoms with Crippen molar-refractivity contribution >= 4 is 17.5 Å². The zero-order chi connectivity index (χ0) is 13.8. The lowest BCUT2D eigenvalue weighted by molar-refractivity contribution is 0.0909. The molecular formula is C14H20ClN3O. The number of hydrogen-bond donors (Lipinski definition) is 1. The molecule has 19 heavy (non-hydrogen) atoms. The molecule has 1 N–H and O–H groups in total. The minimum atomic E-state index is -0.0579. The molecule has 0 spiro atoms. The Bertz CT molecular complexity index is 464. The molecule has 0 saturated heterocycles. The first kappa shape index (κ1) is 14.3. The van der Waals surface area contributed by atoms with Gasteiger partial charge in [-0.05, 0) is 38.7 Å². The number of nitrogens with one attached hydrogen (secondary N) is 1. The average molecular weight is 282 g/mol. The number of hydrogen-bond acceptors (Lipinski definition) is 3. The Labute approximate surface area is 118 Å². The van der Waals surface area contributed by atoms with E-state index >= 15 is 0 Å². The first-order valence-electron chi connectivity index (χ1n) is 6.79. The van der Waals surface area contributed by atoms with Crippen LogP contribution in [0.2, 0.25) is 0 Å². The number of aromatic nitrogens is 2. The van der Waals surface area contributed by atoms with Crippen molar-refractivity contribution in [2.75, 3.05) is 5.88 Å². The first-order chi connectivity index (χ1) is 9.11. The molecule has 1 aliphatic carbocycles. The summed E-state index contributed by atoms with van der Waals surface area (Å²) in [4.78, 5) is 12.3. The van der Waals surface area contributed by atoms with Gasteiger partial charge in [0.2, 0.25) is 0 Å². The normalized spacial score (nSPS) is 23.1. The quantitative estimate of drug-likeness (QED) is 0.867. The zero-order valence-electron chi connectivity index (χ0n) is 11.4. The molecule has 2 atom stereocenters. The van der Waals surface area contributed by atoms with E-state index in [4.69, 9.17) is 11.6 Å². The smallest absolute Gasteiger partial charge is 0.253 e. The van der Waals surface area contributed by atoms with Gasteiger partial charge in [0.25, 0.3) is 5.91 Å². The van der Waals surface area contributed by atoms with Crippen LogP contribution in [0.25, 0.3) is 0 Å². The molecule has 1 saturated carbocycles. The molecule has 1 heterocycles. The van der Waals surface area contributed by atoms with E-state index in [1.807, 2.05) is 6.92 Å². The van der Waals surface area contributed by atoms with Crippen molar-refractivity contribution in [3.63, 3.8) is 0 Å². The summed E-state index contributed by atoms with van der Waals surface area (Å²) >= 11 is 5.99. The van der Waals surface area contributed by atoms with Crippen molar-refractivity contribution in [1.82, 2.24) is 15.5 Å². The van der Waals surface area contributed by atoms with E-state index in [1.165, 1.54) is 6.42 Å². The van der Waals surface area contributed by atoms with Crippen LogP contribution in [-0.4, -0.2) is 28.0 Å². The minimum absolute atomic E-state index is 0.0579. The Balaban J connectivity index is 2.09. The lowest BCUT2D eigenvalue weighted by atomic mass is 9.85. The molecule has 2 rings (SSSR count). The highest BCUT2D eigenvalue weighted by molar-refractivity contribution is 6.18.